The number of aryl methyl sites for hydroxylation is 1. The van der Waals surface area contributed by atoms with Gasteiger partial charge in [-0.15, -0.1) is 11.3 Å². The number of aromatic carboxylic acids is 1. The molecule has 1 aromatic carbocycles. The third kappa shape index (κ3) is 3.62. The number of ether oxygens (including phenoxy) is 2. The van der Waals surface area contributed by atoms with E-state index in [1.807, 2.05) is 43.5 Å². The lowest BCUT2D eigenvalue weighted by atomic mass is 10.0. The lowest BCUT2D eigenvalue weighted by Gasteiger charge is -2.14. The number of rotatable bonds is 6. The van der Waals surface area contributed by atoms with Gasteiger partial charge >= 0.3 is 5.97 Å². The Balaban J connectivity index is 2.33. The molecule has 0 saturated carbocycles. The SMILES string of the molecule is COCC(C)Oc1cccc(-c2c(C)csc2C(=O)O)c1. The van der Waals surface area contributed by atoms with Crippen LogP contribution in [0.3, 0.4) is 0 Å². The number of benzene rings is 1. The van der Waals surface area contributed by atoms with E-state index in [9.17, 15) is 9.90 Å². The first-order chi connectivity index (χ1) is 10.0. The molecule has 21 heavy (non-hydrogen) atoms. The molecule has 2 rings (SSSR count). The van der Waals surface area contributed by atoms with Gasteiger partial charge in [0.15, 0.2) is 0 Å². The number of methoxy groups -OCH3 is 1. The third-order valence-corrected chi connectivity index (χ3v) is 4.12. The van der Waals surface area contributed by atoms with Crippen LogP contribution in [0.15, 0.2) is 29.6 Å². The van der Waals surface area contributed by atoms with Crippen LogP contribution in [0.1, 0.15) is 22.2 Å². The molecule has 0 radical (unpaired) electrons. The number of thiophene rings is 1. The second-order valence-electron chi connectivity index (χ2n) is 4.84. The minimum Gasteiger partial charge on any atom is -0.488 e. The molecule has 1 heterocycles. The monoisotopic (exact) mass is 306 g/mol. The number of hydrogen-bond donors (Lipinski definition) is 1. The van der Waals surface area contributed by atoms with Crippen LogP contribution in [-0.2, 0) is 4.74 Å². The molecule has 1 aromatic heterocycles. The predicted molar refractivity (Wildman–Crippen MR) is 83.4 cm³/mol. The molecule has 2 aromatic rings. The second-order valence-corrected chi connectivity index (χ2v) is 5.72. The van der Waals surface area contributed by atoms with E-state index in [4.69, 9.17) is 9.47 Å². The minimum atomic E-state index is -0.901. The van der Waals surface area contributed by atoms with Crippen molar-refractivity contribution in [3.8, 4) is 16.9 Å². The van der Waals surface area contributed by atoms with Crippen LogP contribution >= 0.6 is 11.3 Å². The summed E-state index contributed by atoms with van der Waals surface area (Å²) in [4.78, 5) is 11.7. The molecule has 1 N–H and O–H groups in total. The highest BCUT2D eigenvalue weighted by atomic mass is 32.1. The molecular formula is C16H18O4S. The van der Waals surface area contributed by atoms with Gasteiger partial charge in [-0.05, 0) is 42.5 Å². The smallest absolute Gasteiger partial charge is 0.346 e. The van der Waals surface area contributed by atoms with E-state index in [1.54, 1.807) is 7.11 Å². The van der Waals surface area contributed by atoms with Gasteiger partial charge in [0, 0.05) is 12.7 Å². The zero-order valence-electron chi connectivity index (χ0n) is 12.3. The van der Waals surface area contributed by atoms with E-state index in [2.05, 4.69) is 0 Å². The fraction of sp³-hybridized carbons (Fsp3) is 0.312. The summed E-state index contributed by atoms with van der Waals surface area (Å²) in [6, 6.07) is 7.49. The van der Waals surface area contributed by atoms with Gasteiger partial charge in [-0.25, -0.2) is 4.79 Å². The van der Waals surface area contributed by atoms with Gasteiger partial charge in [0.05, 0.1) is 6.61 Å². The molecule has 0 spiro atoms. The zero-order chi connectivity index (χ0) is 15.4. The first-order valence-corrected chi connectivity index (χ1v) is 7.48. The molecule has 0 amide bonds. The molecule has 112 valence electrons. The molecule has 1 atom stereocenters. The van der Waals surface area contributed by atoms with Crippen molar-refractivity contribution in [1.29, 1.82) is 0 Å². The summed E-state index contributed by atoms with van der Waals surface area (Å²) in [7, 11) is 1.63. The third-order valence-electron chi connectivity index (χ3n) is 3.03. The summed E-state index contributed by atoms with van der Waals surface area (Å²) in [5, 5.41) is 11.1. The second kappa shape index (κ2) is 6.74. The van der Waals surface area contributed by atoms with Crippen molar-refractivity contribution in [2.75, 3.05) is 13.7 Å². The first-order valence-electron chi connectivity index (χ1n) is 6.60. The fourth-order valence-corrected chi connectivity index (χ4v) is 3.10. The fourth-order valence-electron chi connectivity index (χ4n) is 2.19. The van der Waals surface area contributed by atoms with E-state index < -0.39 is 5.97 Å². The van der Waals surface area contributed by atoms with Gasteiger partial charge in [0.25, 0.3) is 0 Å². The molecular weight excluding hydrogens is 288 g/mol. The van der Waals surface area contributed by atoms with E-state index in [1.165, 1.54) is 11.3 Å². The molecule has 0 aliphatic rings. The largest absolute Gasteiger partial charge is 0.488 e. The maximum Gasteiger partial charge on any atom is 0.346 e. The van der Waals surface area contributed by atoms with Crippen LogP contribution in [0.4, 0.5) is 0 Å². The van der Waals surface area contributed by atoms with Crippen LogP contribution in [0, 0.1) is 6.92 Å². The Morgan fingerprint density at radius 2 is 2.19 bits per heavy atom. The summed E-state index contributed by atoms with van der Waals surface area (Å²) < 4.78 is 10.8. The highest BCUT2D eigenvalue weighted by molar-refractivity contribution is 7.12. The average molecular weight is 306 g/mol. The first kappa shape index (κ1) is 15.5. The van der Waals surface area contributed by atoms with Gasteiger partial charge < -0.3 is 14.6 Å². The number of carboxylic acids is 1. The minimum absolute atomic E-state index is 0.0623. The Bertz CT molecular complexity index is 633. The van der Waals surface area contributed by atoms with Crippen molar-refractivity contribution in [1.82, 2.24) is 0 Å². The Hall–Kier alpha value is -1.85. The van der Waals surface area contributed by atoms with Crippen LogP contribution in [-0.4, -0.2) is 30.9 Å². The maximum absolute atomic E-state index is 11.3. The molecule has 0 bridgehead atoms. The van der Waals surface area contributed by atoms with Crippen molar-refractivity contribution >= 4 is 17.3 Å². The van der Waals surface area contributed by atoms with Crippen molar-refractivity contribution < 1.29 is 19.4 Å². The summed E-state index contributed by atoms with van der Waals surface area (Å²) >= 11 is 1.25. The summed E-state index contributed by atoms with van der Waals surface area (Å²) in [6.07, 6.45) is -0.0623. The normalized spacial score (nSPS) is 12.1. The lowest BCUT2D eigenvalue weighted by Crippen LogP contribution is -2.17. The van der Waals surface area contributed by atoms with Gasteiger partial charge in [-0.1, -0.05) is 12.1 Å². The highest BCUT2D eigenvalue weighted by Crippen LogP contribution is 2.34. The summed E-state index contributed by atoms with van der Waals surface area (Å²) in [5.74, 6) is -0.193. The van der Waals surface area contributed by atoms with Crippen LogP contribution in [0.25, 0.3) is 11.1 Å². The van der Waals surface area contributed by atoms with E-state index >= 15 is 0 Å². The molecule has 0 saturated heterocycles. The Kier molecular flexibility index (Phi) is 4.98. The molecule has 1 unspecified atom stereocenters. The Morgan fingerprint density at radius 3 is 2.86 bits per heavy atom. The average Bonchev–Trinajstić information content (AvgIpc) is 2.81. The van der Waals surface area contributed by atoms with Gasteiger partial charge in [-0.2, -0.15) is 0 Å². The van der Waals surface area contributed by atoms with Gasteiger partial charge in [-0.3, -0.25) is 0 Å². The summed E-state index contributed by atoms with van der Waals surface area (Å²) in [5.41, 5.74) is 2.57. The Labute approximate surface area is 128 Å². The van der Waals surface area contributed by atoms with Crippen molar-refractivity contribution in [2.24, 2.45) is 0 Å². The highest BCUT2D eigenvalue weighted by Gasteiger charge is 2.17. The Morgan fingerprint density at radius 1 is 1.43 bits per heavy atom. The van der Waals surface area contributed by atoms with Crippen molar-refractivity contribution in [3.63, 3.8) is 0 Å². The number of carbonyl (C=O) groups is 1. The maximum atomic E-state index is 11.3. The number of carboxylic acid groups (broad SMARTS) is 1. The van der Waals surface area contributed by atoms with E-state index in [0.29, 0.717) is 17.2 Å². The number of hydrogen-bond acceptors (Lipinski definition) is 4. The predicted octanol–water partition coefficient (Wildman–Crippen LogP) is 3.84. The molecule has 0 fully saturated rings. The quantitative estimate of drug-likeness (QED) is 0.881. The molecule has 0 aliphatic heterocycles. The van der Waals surface area contributed by atoms with Crippen molar-refractivity contribution in [3.05, 3.63) is 40.1 Å². The van der Waals surface area contributed by atoms with Gasteiger partial charge in [0.1, 0.15) is 16.7 Å². The van der Waals surface area contributed by atoms with Crippen LogP contribution in [0.5, 0.6) is 5.75 Å². The summed E-state index contributed by atoms with van der Waals surface area (Å²) in [6.45, 7) is 4.34. The van der Waals surface area contributed by atoms with Crippen LogP contribution < -0.4 is 4.74 Å². The standard InChI is InChI=1S/C16H18O4S/c1-10-9-21-15(16(17)18)14(10)12-5-4-6-13(7-12)20-11(2)8-19-3/h4-7,9,11H,8H2,1-3H3,(H,17,18). The molecule has 4 nitrogen and oxygen atoms in total. The molecule has 5 heteroatoms. The van der Waals surface area contributed by atoms with Crippen molar-refractivity contribution in [2.45, 2.75) is 20.0 Å². The molecule has 0 aliphatic carbocycles. The topological polar surface area (TPSA) is 55.8 Å². The zero-order valence-corrected chi connectivity index (χ0v) is 13.1. The van der Waals surface area contributed by atoms with Crippen LogP contribution in [0.2, 0.25) is 0 Å². The lowest BCUT2D eigenvalue weighted by molar-refractivity contribution is 0.0703. The van der Waals surface area contributed by atoms with Gasteiger partial charge in [0.2, 0.25) is 0 Å². The van der Waals surface area contributed by atoms with E-state index in [-0.39, 0.29) is 6.10 Å². The van der Waals surface area contributed by atoms with E-state index in [0.717, 1.165) is 16.7 Å².